The van der Waals surface area contributed by atoms with E-state index < -0.39 is 10.8 Å². The molecule has 154 valence electrons. The minimum absolute atomic E-state index is 0.0903. The zero-order chi connectivity index (χ0) is 21.7. The topological polar surface area (TPSA) is 90.7 Å². The van der Waals surface area contributed by atoms with E-state index in [1.807, 2.05) is 49.4 Å². The molecule has 0 bridgehead atoms. The first-order valence-corrected chi connectivity index (χ1v) is 9.27. The number of carbonyl (C=O) groups excluding carboxylic acids is 1. The Morgan fingerprint density at radius 1 is 0.967 bits per heavy atom. The van der Waals surface area contributed by atoms with E-state index >= 15 is 0 Å². The van der Waals surface area contributed by atoms with E-state index in [0.29, 0.717) is 0 Å². The van der Waals surface area contributed by atoms with Crippen molar-refractivity contribution < 1.29 is 19.2 Å². The molecule has 0 saturated heterocycles. The van der Waals surface area contributed by atoms with Crippen LogP contribution in [0.3, 0.4) is 0 Å². The third-order valence-corrected chi connectivity index (χ3v) is 4.67. The summed E-state index contributed by atoms with van der Waals surface area (Å²) in [6.45, 7) is 2.26. The molecule has 7 heteroatoms. The molecule has 0 aliphatic rings. The lowest BCUT2D eigenvalue weighted by Gasteiger charge is -2.11. The second-order valence-electron chi connectivity index (χ2n) is 6.73. The van der Waals surface area contributed by atoms with Crippen molar-refractivity contribution in [1.82, 2.24) is 5.32 Å². The Bertz CT molecular complexity index is 1090. The fraction of sp³-hybridized carbons (Fsp3) is 0.174. The van der Waals surface area contributed by atoms with E-state index in [-0.39, 0.29) is 29.3 Å². The van der Waals surface area contributed by atoms with Gasteiger partial charge in [-0.1, -0.05) is 48.0 Å². The molecule has 3 rings (SSSR count). The first-order valence-electron chi connectivity index (χ1n) is 9.27. The number of nitrogens with zero attached hydrogens (tertiary/aromatic N) is 1. The lowest BCUT2D eigenvalue weighted by molar-refractivity contribution is -0.385. The summed E-state index contributed by atoms with van der Waals surface area (Å²) in [7, 11) is 2.78. The normalized spacial score (nSPS) is 10.4. The molecule has 30 heavy (non-hydrogen) atoms. The van der Waals surface area contributed by atoms with Crippen LogP contribution in [-0.4, -0.2) is 25.1 Å². The molecule has 0 aromatic heterocycles. The van der Waals surface area contributed by atoms with Crippen LogP contribution in [0.1, 0.15) is 21.5 Å². The zero-order valence-electron chi connectivity index (χ0n) is 17.0. The van der Waals surface area contributed by atoms with Crippen LogP contribution in [0, 0.1) is 17.0 Å². The number of hydrogen-bond acceptors (Lipinski definition) is 5. The van der Waals surface area contributed by atoms with Gasteiger partial charge in [0, 0.05) is 12.6 Å². The van der Waals surface area contributed by atoms with Crippen LogP contribution in [0.15, 0.2) is 60.7 Å². The van der Waals surface area contributed by atoms with E-state index in [1.165, 1.54) is 26.4 Å². The van der Waals surface area contributed by atoms with E-state index in [0.717, 1.165) is 22.3 Å². The van der Waals surface area contributed by atoms with Crippen molar-refractivity contribution in [2.24, 2.45) is 0 Å². The van der Waals surface area contributed by atoms with Gasteiger partial charge < -0.3 is 14.8 Å². The fourth-order valence-electron chi connectivity index (χ4n) is 3.16. The van der Waals surface area contributed by atoms with E-state index in [4.69, 9.17) is 9.47 Å². The molecule has 0 atom stereocenters. The predicted molar refractivity (Wildman–Crippen MR) is 114 cm³/mol. The van der Waals surface area contributed by atoms with Crippen LogP contribution in [0.4, 0.5) is 5.69 Å². The van der Waals surface area contributed by atoms with Gasteiger partial charge >= 0.3 is 0 Å². The molecule has 0 saturated carbocycles. The lowest BCUT2D eigenvalue weighted by Crippen LogP contribution is -2.23. The summed E-state index contributed by atoms with van der Waals surface area (Å²) in [5, 5.41) is 14.2. The number of benzene rings is 3. The first kappa shape index (κ1) is 20.9. The number of rotatable bonds is 7. The zero-order valence-corrected chi connectivity index (χ0v) is 17.0. The summed E-state index contributed by atoms with van der Waals surface area (Å²) >= 11 is 0. The minimum atomic E-state index is -0.616. The van der Waals surface area contributed by atoms with Crippen LogP contribution >= 0.6 is 0 Å². The number of nitro benzene ring substituents is 1. The Kier molecular flexibility index (Phi) is 6.32. The highest BCUT2D eigenvalue weighted by molar-refractivity contribution is 5.99. The van der Waals surface area contributed by atoms with Gasteiger partial charge in [-0.3, -0.25) is 14.9 Å². The average Bonchev–Trinajstić information content (AvgIpc) is 2.76. The Hall–Kier alpha value is -3.87. The van der Waals surface area contributed by atoms with Gasteiger partial charge in [-0.05, 0) is 29.7 Å². The molecule has 3 aromatic rings. The number of hydrogen-bond donors (Lipinski definition) is 1. The summed E-state index contributed by atoms with van der Waals surface area (Å²) in [5.41, 5.74) is 3.71. The average molecular weight is 406 g/mol. The Labute approximate surface area is 174 Å². The largest absolute Gasteiger partial charge is 0.493 e. The fourth-order valence-corrected chi connectivity index (χ4v) is 3.16. The maximum Gasteiger partial charge on any atom is 0.286 e. The highest BCUT2D eigenvalue weighted by Gasteiger charge is 2.24. The van der Waals surface area contributed by atoms with Crippen molar-refractivity contribution in [3.05, 3.63) is 87.5 Å². The van der Waals surface area contributed by atoms with Crippen molar-refractivity contribution in [2.45, 2.75) is 13.5 Å². The quantitative estimate of drug-likeness (QED) is 0.460. The van der Waals surface area contributed by atoms with E-state index in [9.17, 15) is 14.9 Å². The smallest absolute Gasteiger partial charge is 0.286 e. The highest BCUT2D eigenvalue weighted by Crippen LogP contribution is 2.34. The third kappa shape index (κ3) is 4.57. The number of nitrogens with one attached hydrogen (secondary N) is 1. The Morgan fingerprint density at radius 2 is 1.60 bits per heavy atom. The number of nitro groups is 1. The third-order valence-electron chi connectivity index (χ3n) is 4.67. The monoisotopic (exact) mass is 406 g/mol. The number of amides is 1. The predicted octanol–water partition coefficient (Wildman–Crippen LogP) is 4.52. The van der Waals surface area contributed by atoms with Crippen LogP contribution in [-0.2, 0) is 6.54 Å². The summed E-state index contributed by atoms with van der Waals surface area (Å²) in [4.78, 5) is 23.5. The van der Waals surface area contributed by atoms with Gasteiger partial charge in [0.25, 0.3) is 11.6 Å². The van der Waals surface area contributed by atoms with Crippen LogP contribution in [0.25, 0.3) is 11.1 Å². The highest BCUT2D eigenvalue weighted by atomic mass is 16.6. The van der Waals surface area contributed by atoms with Crippen LogP contribution in [0.2, 0.25) is 0 Å². The maximum absolute atomic E-state index is 12.7. The van der Waals surface area contributed by atoms with Crippen molar-refractivity contribution in [1.29, 1.82) is 0 Å². The lowest BCUT2D eigenvalue weighted by atomic mass is 10.0. The molecule has 3 aromatic carbocycles. The Balaban J connectivity index is 1.82. The summed E-state index contributed by atoms with van der Waals surface area (Å²) in [5.74, 6) is -0.134. The van der Waals surface area contributed by atoms with Gasteiger partial charge in [-0.15, -0.1) is 0 Å². The van der Waals surface area contributed by atoms with Gasteiger partial charge in [0.05, 0.1) is 25.2 Å². The van der Waals surface area contributed by atoms with Crippen molar-refractivity contribution in [3.8, 4) is 22.6 Å². The first-order chi connectivity index (χ1) is 14.4. The van der Waals surface area contributed by atoms with Gasteiger partial charge in [0.2, 0.25) is 0 Å². The van der Waals surface area contributed by atoms with Gasteiger partial charge in [0.15, 0.2) is 11.5 Å². The number of methoxy groups -OCH3 is 2. The van der Waals surface area contributed by atoms with E-state index in [1.54, 1.807) is 0 Å². The number of aryl methyl sites for hydroxylation is 1. The second kappa shape index (κ2) is 9.09. The maximum atomic E-state index is 12.7. The van der Waals surface area contributed by atoms with Crippen LogP contribution < -0.4 is 14.8 Å². The standard InChI is InChI=1S/C23H22N2O5/c1-15-6-4-8-17(10-15)18-9-5-7-16(11-18)14-24-23(26)19-12-21(29-2)22(30-3)13-20(19)25(27)28/h4-13H,14H2,1-3H3,(H,24,26). The molecule has 0 unspecified atom stereocenters. The molecule has 0 aliphatic carbocycles. The molecule has 7 nitrogen and oxygen atoms in total. The molecule has 0 radical (unpaired) electrons. The van der Waals surface area contributed by atoms with E-state index in [2.05, 4.69) is 11.4 Å². The molecule has 0 heterocycles. The SMILES string of the molecule is COc1cc(C(=O)NCc2cccc(-c3cccc(C)c3)c2)c([N+](=O)[O-])cc1OC. The summed E-state index contributed by atoms with van der Waals surface area (Å²) in [6, 6.07) is 18.4. The molecular weight excluding hydrogens is 384 g/mol. The summed E-state index contributed by atoms with van der Waals surface area (Å²) < 4.78 is 10.3. The molecule has 0 fully saturated rings. The molecule has 0 aliphatic heterocycles. The van der Waals surface area contributed by atoms with Gasteiger partial charge in [-0.2, -0.15) is 0 Å². The molecular formula is C23H22N2O5. The summed E-state index contributed by atoms with van der Waals surface area (Å²) in [6.07, 6.45) is 0. The van der Waals surface area contributed by atoms with Crippen molar-refractivity contribution in [3.63, 3.8) is 0 Å². The van der Waals surface area contributed by atoms with Crippen LogP contribution in [0.5, 0.6) is 11.5 Å². The van der Waals surface area contributed by atoms with Crippen molar-refractivity contribution in [2.75, 3.05) is 14.2 Å². The second-order valence-corrected chi connectivity index (χ2v) is 6.73. The number of ether oxygens (including phenoxy) is 2. The molecule has 1 N–H and O–H groups in total. The number of carbonyl (C=O) groups is 1. The van der Waals surface area contributed by atoms with Gasteiger partial charge in [0.1, 0.15) is 5.56 Å². The molecule has 0 spiro atoms. The molecule has 1 amide bonds. The van der Waals surface area contributed by atoms with Crippen molar-refractivity contribution >= 4 is 11.6 Å². The Morgan fingerprint density at radius 3 is 2.23 bits per heavy atom. The van der Waals surface area contributed by atoms with Gasteiger partial charge in [-0.25, -0.2) is 0 Å². The minimum Gasteiger partial charge on any atom is -0.493 e.